The van der Waals surface area contributed by atoms with Gasteiger partial charge in [-0.05, 0) is 37.3 Å². The number of halogens is 1. The third-order valence-corrected chi connectivity index (χ3v) is 6.19. The number of amides is 1. The van der Waals surface area contributed by atoms with E-state index in [9.17, 15) is 13.2 Å². The number of likely N-dealkylation sites (N-methyl/N-ethyl adjacent to an activating group) is 1. The second-order valence-corrected chi connectivity index (χ2v) is 7.77. The molecule has 1 N–H and O–H groups in total. The highest BCUT2D eigenvalue weighted by atomic mass is 35.5. The highest BCUT2D eigenvalue weighted by molar-refractivity contribution is 7.89. The highest BCUT2D eigenvalue weighted by Crippen LogP contribution is 2.27. The lowest BCUT2D eigenvalue weighted by Gasteiger charge is -2.20. The maximum absolute atomic E-state index is 12.1. The lowest BCUT2D eigenvalue weighted by atomic mass is 9.99. The second-order valence-electron chi connectivity index (χ2n) is 5.16. The molecule has 1 amide bonds. The van der Waals surface area contributed by atoms with Crippen LogP contribution in [0.15, 0.2) is 22.3 Å². The van der Waals surface area contributed by atoms with Crippen LogP contribution in [0, 0.1) is 0 Å². The Morgan fingerprint density at radius 1 is 1.55 bits per heavy atom. The first-order valence-electron chi connectivity index (χ1n) is 6.61. The first-order valence-corrected chi connectivity index (χ1v) is 8.59. The Hall–Kier alpha value is -0.850. The van der Waals surface area contributed by atoms with Crippen molar-refractivity contribution in [3.8, 4) is 0 Å². The van der Waals surface area contributed by atoms with E-state index in [2.05, 4.69) is 11.4 Å². The Bertz CT molecular complexity index is 580. The molecule has 1 aliphatic heterocycles. The summed E-state index contributed by atoms with van der Waals surface area (Å²) in [7, 11) is -1.81. The number of rotatable bonds is 3. The summed E-state index contributed by atoms with van der Waals surface area (Å²) < 4.78 is 24.3. The summed E-state index contributed by atoms with van der Waals surface area (Å²) in [6.07, 6.45) is 4.15. The van der Waals surface area contributed by atoms with E-state index in [-0.39, 0.29) is 11.7 Å². The molecular formula is C13H19ClN2O3S. The van der Waals surface area contributed by atoms with Crippen molar-refractivity contribution in [1.82, 2.24) is 9.62 Å². The zero-order valence-corrected chi connectivity index (χ0v) is 13.2. The molecule has 7 heteroatoms. The number of carbonyl (C=O) groups excluding carboxylic acids is 1. The molecule has 0 bridgehead atoms. The minimum Gasteiger partial charge on any atom is -0.351 e. The Morgan fingerprint density at radius 3 is 2.80 bits per heavy atom. The van der Waals surface area contributed by atoms with Crippen molar-refractivity contribution in [3.63, 3.8) is 0 Å². The van der Waals surface area contributed by atoms with Crippen LogP contribution in [0.4, 0.5) is 0 Å². The minimum absolute atomic E-state index is 0.0317. The van der Waals surface area contributed by atoms with Crippen LogP contribution in [0.1, 0.15) is 26.2 Å². The minimum atomic E-state index is -3.26. The smallest absolute Gasteiger partial charge is 0.238 e. The van der Waals surface area contributed by atoms with E-state index in [0.29, 0.717) is 13.0 Å². The summed E-state index contributed by atoms with van der Waals surface area (Å²) in [6, 6.07) is -0.604. The maximum Gasteiger partial charge on any atom is 0.238 e. The van der Waals surface area contributed by atoms with Crippen molar-refractivity contribution in [3.05, 3.63) is 22.3 Å². The van der Waals surface area contributed by atoms with Gasteiger partial charge in [-0.15, -0.1) is 0 Å². The fourth-order valence-electron chi connectivity index (χ4n) is 2.51. The average Bonchev–Trinajstić information content (AvgIpc) is 2.64. The van der Waals surface area contributed by atoms with Crippen LogP contribution in [-0.2, 0) is 14.8 Å². The molecule has 2 aliphatic rings. The quantitative estimate of drug-likeness (QED) is 0.854. The lowest BCUT2D eigenvalue weighted by Crippen LogP contribution is -2.43. The topological polar surface area (TPSA) is 66.5 Å². The van der Waals surface area contributed by atoms with Crippen molar-refractivity contribution in [2.24, 2.45) is 0 Å². The molecule has 0 saturated carbocycles. The summed E-state index contributed by atoms with van der Waals surface area (Å²) in [5.74, 6) is -0.229. The molecule has 0 aromatic rings. The molecule has 1 saturated heterocycles. The fraction of sp³-hybridized carbons (Fsp3) is 0.615. The van der Waals surface area contributed by atoms with Crippen LogP contribution in [-0.4, -0.2) is 44.0 Å². The summed E-state index contributed by atoms with van der Waals surface area (Å²) in [6.45, 7) is 2.32. The normalized spacial score (nSPS) is 26.6. The van der Waals surface area contributed by atoms with Gasteiger partial charge in [0.1, 0.15) is 6.04 Å². The lowest BCUT2D eigenvalue weighted by molar-refractivity contribution is -0.124. The molecule has 1 aliphatic carbocycles. The zero-order valence-electron chi connectivity index (χ0n) is 11.6. The fourth-order valence-corrected chi connectivity index (χ4v) is 4.23. The van der Waals surface area contributed by atoms with Crippen molar-refractivity contribution in [2.45, 2.75) is 32.2 Å². The van der Waals surface area contributed by atoms with Gasteiger partial charge in [-0.3, -0.25) is 4.79 Å². The molecule has 0 aromatic heterocycles. The monoisotopic (exact) mass is 318 g/mol. The van der Waals surface area contributed by atoms with Gasteiger partial charge in [-0.1, -0.05) is 17.7 Å². The first kappa shape index (κ1) is 15.5. The van der Waals surface area contributed by atoms with Gasteiger partial charge >= 0.3 is 0 Å². The second kappa shape index (κ2) is 5.87. The van der Waals surface area contributed by atoms with Gasteiger partial charge in [0.2, 0.25) is 15.9 Å². The van der Waals surface area contributed by atoms with Crippen molar-refractivity contribution >= 4 is 27.5 Å². The van der Waals surface area contributed by atoms with Crippen molar-refractivity contribution in [1.29, 1.82) is 0 Å². The van der Waals surface area contributed by atoms with E-state index < -0.39 is 16.1 Å². The molecule has 1 fully saturated rings. The molecule has 2 rings (SSSR count). The number of hydrogen-bond acceptors (Lipinski definition) is 3. The molecular weight excluding hydrogens is 300 g/mol. The van der Waals surface area contributed by atoms with Gasteiger partial charge in [-0.25, -0.2) is 8.42 Å². The number of allylic oxidation sites excluding steroid dienone is 2. The third kappa shape index (κ3) is 3.07. The predicted molar refractivity (Wildman–Crippen MR) is 78.8 cm³/mol. The first-order chi connectivity index (χ1) is 9.33. The zero-order chi connectivity index (χ0) is 14.9. The van der Waals surface area contributed by atoms with Crippen LogP contribution in [0.2, 0.25) is 0 Å². The highest BCUT2D eigenvalue weighted by Gasteiger charge is 2.38. The van der Waals surface area contributed by atoms with E-state index in [1.807, 2.05) is 6.92 Å². The van der Waals surface area contributed by atoms with Gasteiger partial charge in [-0.2, -0.15) is 4.31 Å². The van der Waals surface area contributed by atoms with E-state index in [1.165, 1.54) is 7.05 Å². The van der Waals surface area contributed by atoms with Crippen LogP contribution < -0.4 is 5.32 Å². The molecule has 1 heterocycles. The van der Waals surface area contributed by atoms with Gasteiger partial charge in [0, 0.05) is 18.6 Å². The summed E-state index contributed by atoms with van der Waals surface area (Å²) in [5.41, 5.74) is 2.02. The van der Waals surface area contributed by atoms with Gasteiger partial charge in [0.05, 0.1) is 5.75 Å². The van der Waals surface area contributed by atoms with Gasteiger partial charge < -0.3 is 5.32 Å². The van der Waals surface area contributed by atoms with Crippen LogP contribution in [0.5, 0.6) is 0 Å². The number of nitrogens with zero attached hydrogens (tertiary/aromatic N) is 1. The standard InChI is InChI=1S/C13H19ClN2O3S/c1-9-4-3-5-11(14)10(9)8-15-13(17)12-6-7-20(18,19)16(12)2/h4,12H,3,5-8H2,1-2H3,(H,15,17). The van der Waals surface area contributed by atoms with Crippen LogP contribution in [0.25, 0.3) is 0 Å². The largest absolute Gasteiger partial charge is 0.351 e. The van der Waals surface area contributed by atoms with Gasteiger partial charge in [0.15, 0.2) is 0 Å². The average molecular weight is 319 g/mol. The molecule has 0 radical (unpaired) electrons. The summed E-state index contributed by atoms with van der Waals surface area (Å²) in [5, 5.41) is 3.57. The van der Waals surface area contributed by atoms with Crippen molar-refractivity contribution in [2.75, 3.05) is 19.3 Å². The SMILES string of the molecule is CC1=CCCC(Cl)=C1CNC(=O)C1CCS(=O)(=O)N1C. The molecule has 20 heavy (non-hydrogen) atoms. The van der Waals surface area contributed by atoms with E-state index in [0.717, 1.165) is 33.3 Å². The summed E-state index contributed by atoms with van der Waals surface area (Å²) >= 11 is 6.18. The van der Waals surface area contributed by atoms with E-state index in [4.69, 9.17) is 11.6 Å². The Morgan fingerprint density at radius 2 is 2.25 bits per heavy atom. The van der Waals surface area contributed by atoms with Crippen LogP contribution in [0.3, 0.4) is 0 Å². The predicted octanol–water partition coefficient (Wildman–Crippen LogP) is 1.37. The Labute approximate surface area is 124 Å². The van der Waals surface area contributed by atoms with E-state index >= 15 is 0 Å². The maximum atomic E-state index is 12.1. The number of nitrogens with one attached hydrogen (secondary N) is 1. The number of sulfonamides is 1. The molecule has 112 valence electrons. The van der Waals surface area contributed by atoms with Gasteiger partial charge in [0.25, 0.3) is 0 Å². The summed E-state index contributed by atoms with van der Waals surface area (Å²) in [4.78, 5) is 12.1. The molecule has 1 unspecified atom stereocenters. The third-order valence-electron chi connectivity index (χ3n) is 3.89. The molecule has 1 atom stereocenters. The Balaban J connectivity index is 1.99. The number of hydrogen-bond donors (Lipinski definition) is 1. The molecule has 0 aromatic carbocycles. The van der Waals surface area contributed by atoms with Crippen LogP contribution >= 0.6 is 11.6 Å². The van der Waals surface area contributed by atoms with Crippen molar-refractivity contribution < 1.29 is 13.2 Å². The number of carbonyl (C=O) groups is 1. The molecule has 5 nitrogen and oxygen atoms in total. The Kier molecular flexibility index (Phi) is 4.56. The van der Waals surface area contributed by atoms with E-state index in [1.54, 1.807) is 0 Å². The molecule has 0 spiro atoms.